The molecule has 2 aromatic carbocycles. The van der Waals surface area contributed by atoms with Crippen molar-refractivity contribution in [1.82, 2.24) is 4.90 Å². The highest BCUT2D eigenvalue weighted by atomic mass is 127. The third-order valence-corrected chi connectivity index (χ3v) is 7.02. The van der Waals surface area contributed by atoms with E-state index in [-0.39, 0.29) is 23.1 Å². The van der Waals surface area contributed by atoms with Crippen molar-refractivity contribution < 1.29 is 14.0 Å². The van der Waals surface area contributed by atoms with Crippen molar-refractivity contribution in [2.75, 3.05) is 36.4 Å². The number of benzene rings is 2. The van der Waals surface area contributed by atoms with E-state index in [4.69, 9.17) is 0 Å². The molecule has 2 heterocycles. The summed E-state index contributed by atoms with van der Waals surface area (Å²) in [4.78, 5) is 29.7. The van der Waals surface area contributed by atoms with Gasteiger partial charge >= 0.3 is 0 Å². The number of rotatable bonds is 4. The quantitative estimate of drug-likeness (QED) is 0.587. The Hall–Kier alpha value is -2.16. The molecule has 0 aromatic heterocycles. The number of nitrogens with zero attached hydrogens (tertiary/aromatic N) is 2. The minimum Gasteiger partial charge on any atom is -0.371 e. The van der Waals surface area contributed by atoms with Gasteiger partial charge in [0.25, 0.3) is 11.8 Å². The Labute approximate surface area is 189 Å². The average molecular weight is 521 g/mol. The zero-order valence-electron chi connectivity index (χ0n) is 17.0. The molecule has 4 rings (SSSR count). The number of carbonyl (C=O) groups is 2. The number of nitrogens with one attached hydrogen (secondary N) is 1. The molecule has 7 heteroatoms. The lowest BCUT2D eigenvalue weighted by Gasteiger charge is -2.25. The van der Waals surface area contributed by atoms with Gasteiger partial charge in [0.2, 0.25) is 0 Å². The van der Waals surface area contributed by atoms with Crippen LogP contribution in [-0.4, -0.2) is 42.9 Å². The number of anilines is 2. The first-order valence-corrected chi connectivity index (χ1v) is 11.5. The lowest BCUT2D eigenvalue weighted by molar-refractivity contribution is 0.0788. The third-order valence-electron chi connectivity index (χ3n) is 5.86. The molecule has 1 N–H and O–H groups in total. The first-order chi connectivity index (χ1) is 14.5. The lowest BCUT2D eigenvalue weighted by Crippen LogP contribution is -2.31. The Morgan fingerprint density at radius 1 is 1.00 bits per heavy atom. The summed E-state index contributed by atoms with van der Waals surface area (Å²) in [5.74, 6) is -1.32. The number of hydrogen-bond acceptors (Lipinski definition) is 3. The van der Waals surface area contributed by atoms with Crippen LogP contribution < -0.4 is 10.2 Å². The Kier molecular flexibility index (Phi) is 6.26. The molecule has 0 bridgehead atoms. The Balaban J connectivity index is 1.68. The van der Waals surface area contributed by atoms with Crippen LogP contribution in [0.2, 0.25) is 0 Å². The van der Waals surface area contributed by atoms with E-state index >= 15 is 4.39 Å². The molecular formula is C23H25FIN3O2. The SMILES string of the molecule is Cc1ccc(C(=O)Nc2ccc(N3CCCC3)c(C(=O)N3CCCC3)c2F)cc1I. The summed E-state index contributed by atoms with van der Waals surface area (Å²) in [5, 5.41) is 2.67. The first-order valence-electron chi connectivity index (χ1n) is 10.4. The second-order valence-corrected chi connectivity index (χ2v) is 9.09. The summed E-state index contributed by atoms with van der Waals surface area (Å²) in [7, 11) is 0. The standard InChI is InChI=1S/C23H25FIN3O2/c1-15-6-7-16(14-17(15)25)22(29)26-18-8-9-19(27-10-2-3-11-27)20(21(18)24)23(30)28-12-4-5-13-28/h6-9,14H,2-5,10-13H2,1H3,(H,26,29). The highest BCUT2D eigenvalue weighted by molar-refractivity contribution is 14.1. The summed E-state index contributed by atoms with van der Waals surface area (Å²) < 4.78 is 16.6. The van der Waals surface area contributed by atoms with Crippen LogP contribution in [0.3, 0.4) is 0 Å². The fraction of sp³-hybridized carbons (Fsp3) is 0.391. The van der Waals surface area contributed by atoms with Crippen molar-refractivity contribution in [3.05, 3.63) is 56.4 Å². The Morgan fingerprint density at radius 2 is 1.67 bits per heavy atom. The molecule has 0 aliphatic carbocycles. The van der Waals surface area contributed by atoms with Gasteiger partial charge in [-0.1, -0.05) is 6.07 Å². The van der Waals surface area contributed by atoms with E-state index in [1.165, 1.54) is 0 Å². The first kappa shape index (κ1) is 21.1. The molecule has 2 aliphatic heterocycles. The molecule has 30 heavy (non-hydrogen) atoms. The number of likely N-dealkylation sites (tertiary alicyclic amines) is 1. The predicted octanol–water partition coefficient (Wildman–Crippen LogP) is 4.83. The maximum absolute atomic E-state index is 15.6. The maximum atomic E-state index is 15.6. The Morgan fingerprint density at radius 3 is 2.33 bits per heavy atom. The highest BCUT2D eigenvalue weighted by Crippen LogP contribution is 2.33. The third kappa shape index (κ3) is 4.17. The van der Waals surface area contributed by atoms with E-state index in [9.17, 15) is 9.59 Å². The van der Waals surface area contributed by atoms with Crippen molar-refractivity contribution in [2.45, 2.75) is 32.6 Å². The van der Waals surface area contributed by atoms with Crippen LogP contribution in [0.15, 0.2) is 30.3 Å². The molecule has 0 atom stereocenters. The monoisotopic (exact) mass is 521 g/mol. The van der Waals surface area contributed by atoms with Gasteiger partial charge in [-0.2, -0.15) is 0 Å². The van der Waals surface area contributed by atoms with Crippen LogP contribution in [0.5, 0.6) is 0 Å². The van der Waals surface area contributed by atoms with Gasteiger partial charge in [-0.3, -0.25) is 9.59 Å². The maximum Gasteiger partial charge on any atom is 0.259 e. The zero-order valence-corrected chi connectivity index (χ0v) is 19.2. The van der Waals surface area contributed by atoms with Crippen molar-refractivity contribution in [1.29, 1.82) is 0 Å². The van der Waals surface area contributed by atoms with Crippen LogP contribution in [0.25, 0.3) is 0 Å². The van der Waals surface area contributed by atoms with Gasteiger partial charge in [-0.05, 0) is 85.0 Å². The molecule has 2 aromatic rings. The summed E-state index contributed by atoms with van der Waals surface area (Å²) >= 11 is 2.17. The topological polar surface area (TPSA) is 52.7 Å². The van der Waals surface area contributed by atoms with Gasteiger partial charge in [-0.25, -0.2) is 4.39 Å². The molecule has 2 fully saturated rings. The summed E-state index contributed by atoms with van der Waals surface area (Å²) in [5.41, 5.74) is 2.29. The molecule has 0 spiro atoms. The second kappa shape index (κ2) is 8.91. The number of hydrogen-bond donors (Lipinski definition) is 1. The van der Waals surface area contributed by atoms with Crippen LogP contribution in [0.4, 0.5) is 15.8 Å². The molecule has 5 nitrogen and oxygen atoms in total. The van der Waals surface area contributed by atoms with Gasteiger partial charge in [0.05, 0.1) is 11.4 Å². The molecule has 0 radical (unpaired) electrons. The van der Waals surface area contributed by atoms with Crippen molar-refractivity contribution >= 4 is 45.8 Å². The Bertz CT molecular complexity index is 983. The zero-order chi connectivity index (χ0) is 21.3. The smallest absolute Gasteiger partial charge is 0.259 e. The van der Waals surface area contributed by atoms with E-state index in [0.29, 0.717) is 24.3 Å². The summed E-state index contributed by atoms with van der Waals surface area (Å²) in [6.45, 7) is 4.89. The van der Waals surface area contributed by atoms with Gasteiger partial charge in [-0.15, -0.1) is 0 Å². The number of amides is 2. The number of aryl methyl sites for hydroxylation is 1. The normalized spacial score (nSPS) is 16.2. The van der Waals surface area contributed by atoms with E-state index in [2.05, 4.69) is 32.8 Å². The van der Waals surface area contributed by atoms with Gasteiger partial charge < -0.3 is 15.1 Å². The molecule has 0 saturated carbocycles. The predicted molar refractivity (Wildman–Crippen MR) is 125 cm³/mol. The highest BCUT2D eigenvalue weighted by Gasteiger charge is 2.30. The average Bonchev–Trinajstić information content (AvgIpc) is 3.45. The van der Waals surface area contributed by atoms with Crippen molar-refractivity contribution in [2.24, 2.45) is 0 Å². The fourth-order valence-corrected chi connectivity index (χ4v) is 4.61. The second-order valence-electron chi connectivity index (χ2n) is 7.93. The number of carbonyl (C=O) groups excluding carboxylic acids is 2. The van der Waals surface area contributed by atoms with Crippen molar-refractivity contribution in [3.8, 4) is 0 Å². The van der Waals surface area contributed by atoms with Crippen LogP contribution in [0, 0.1) is 16.3 Å². The van der Waals surface area contributed by atoms with E-state index < -0.39 is 5.82 Å². The van der Waals surface area contributed by atoms with Crippen LogP contribution >= 0.6 is 22.6 Å². The van der Waals surface area contributed by atoms with E-state index in [0.717, 1.165) is 47.9 Å². The summed E-state index contributed by atoms with van der Waals surface area (Å²) in [6.07, 6.45) is 3.94. The molecule has 2 amide bonds. The molecule has 0 unspecified atom stereocenters. The molecule has 2 saturated heterocycles. The van der Waals surface area contributed by atoms with Crippen LogP contribution in [-0.2, 0) is 0 Å². The molecule has 158 valence electrons. The van der Waals surface area contributed by atoms with Gasteiger partial charge in [0.1, 0.15) is 5.56 Å². The summed E-state index contributed by atoms with van der Waals surface area (Å²) in [6, 6.07) is 8.70. The fourth-order valence-electron chi connectivity index (χ4n) is 4.09. The van der Waals surface area contributed by atoms with Crippen LogP contribution in [0.1, 0.15) is 52.0 Å². The number of halogens is 2. The van der Waals surface area contributed by atoms with Gasteiger partial charge in [0, 0.05) is 35.3 Å². The molecule has 2 aliphatic rings. The largest absolute Gasteiger partial charge is 0.371 e. The van der Waals surface area contributed by atoms with Crippen molar-refractivity contribution in [3.63, 3.8) is 0 Å². The molecular weight excluding hydrogens is 496 g/mol. The minimum absolute atomic E-state index is 0.0427. The van der Waals surface area contributed by atoms with E-state index in [1.807, 2.05) is 13.0 Å². The van der Waals surface area contributed by atoms with Gasteiger partial charge in [0.15, 0.2) is 5.82 Å². The minimum atomic E-state index is -0.647. The lowest BCUT2D eigenvalue weighted by atomic mass is 10.1. The van der Waals surface area contributed by atoms with E-state index in [1.54, 1.807) is 29.2 Å².